The molecule has 0 bridgehead atoms. The average Bonchev–Trinajstić information content (AvgIpc) is 2.87. The fourth-order valence-corrected chi connectivity index (χ4v) is 4.41. The molecule has 5 nitrogen and oxygen atoms in total. The first kappa shape index (κ1) is 13.5. The Balaban J connectivity index is 2.18. The van der Waals surface area contributed by atoms with Crippen molar-refractivity contribution in [1.29, 1.82) is 0 Å². The van der Waals surface area contributed by atoms with E-state index in [-0.39, 0.29) is 12.0 Å². The number of sulfone groups is 1. The lowest BCUT2D eigenvalue weighted by atomic mass is 9.96. The summed E-state index contributed by atoms with van der Waals surface area (Å²) in [5, 5.41) is 3.47. The van der Waals surface area contributed by atoms with Crippen molar-refractivity contribution in [2.24, 2.45) is 13.0 Å². The molecule has 2 atom stereocenters. The first-order valence-corrected chi connectivity index (χ1v) is 8.25. The summed E-state index contributed by atoms with van der Waals surface area (Å²) >= 11 is 0. The number of hydrogen-bond acceptors (Lipinski definition) is 4. The minimum atomic E-state index is -2.84. The van der Waals surface area contributed by atoms with Gasteiger partial charge >= 0.3 is 0 Å². The molecule has 1 N–H and O–H groups in total. The number of aryl methyl sites for hydroxylation is 1. The lowest BCUT2D eigenvalue weighted by Gasteiger charge is -2.24. The third-order valence-electron chi connectivity index (χ3n) is 3.53. The number of nitrogens with one attached hydrogen (secondary N) is 1. The Hall–Kier alpha value is -0.880. The summed E-state index contributed by atoms with van der Waals surface area (Å²) in [6.45, 7) is 3.01. The first-order valence-electron chi connectivity index (χ1n) is 6.43. The third kappa shape index (κ3) is 2.92. The van der Waals surface area contributed by atoms with E-state index in [0.29, 0.717) is 11.5 Å². The Morgan fingerprint density at radius 3 is 2.89 bits per heavy atom. The van der Waals surface area contributed by atoms with Gasteiger partial charge in [0.05, 0.1) is 29.6 Å². The van der Waals surface area contributed by atoms with E-state index in [2.05, 4.69) is 17.2 Å². The van der Waals surface area contributed by atoms with Crippen LogP contribution in [0.3, 0.4) is 0 Å². The summed E-state index contributed by atoms with van der Waals surface area (Å²) < 4.78 is 25.2. The molecule has 2 rings (SSSR count). The van der Waals surface area contributed by atoms with Crippen molar-refractivity contribution in [3.63, 3.8) is 0 Å². The van der Waals surface area contributed by atoms with Gasteiger partial charge in [0, 0.05) is 13.2 Å². The molecule has 0 saturated carbocycles. The normalized spacial score (nSPS) is 24.2. The maximum Gasteiger partial charge on any atom is 0.150 e. The molecule has 1 aliphatic rings. The van der Waals surface area contributed by atoms with Crippen LogP contribution in [0, 0.1) is 5.92 Å². The molecule has 0 radical (unpaired) electrons. The van der Waals surface area contributed by atoms with Crippen LogP contribution in [0.25, 0.3) is 0 Å². The summed E-state index contributed by atoms with van der Waals surface area (Å²) in [7, 11) is -0.888. The van der Waals surface area contributed by atoms with Gasteiger partial charge in [-0.15, -0.1) is 0 Å². The second-order valence-corrected chi connectivity index (χ2v) is 7.25. The van der Waals surface area contributed by atoms with Crippen molar-refractivity contribution in [2.75, 3.05) is 18.1 Å². The van der Waals surface area contributed by atoms with Crippen LogP contribution < -0.4 is 5.32 Å². The molecule has 1 aromatic heterocycles. The SMILES string of the molecule is CCCNC(c1cncn1C)C1CCS(=O)(=O)C1. The number of hydrogen-bond donors (Lipinski definition) is 1. The van der Waals surface area contributed by atoms with Gasteiger partial charge in [-0.1, -0.05) is 6.92 Å². The third-order valence-corrected chi connectivity index (χ3v) is 5.32. The summed E-state index contributed by atoms with van der Waals surface area (Å²) in [5.74, 6) is 0.774. The van der Waals surface area contributed by atoms with Crippen LogP contribution in [-0.2, 0) is 16.9 Å². The Morgan fingerprint density at radius 2 is 2.39 bits per heavy atom. The second-order valence-electron chi connectivity index (χ2n) is 5.02. The number of imidazole rings is 1. The van der Waals surface area contributed by atoms with E-state index in [1.807, 2.05) is 17.8 Å². The molecule has 102 valence electrons. The molecular weight excluding hydrogens is 250 g/mol. The molecule has 0 amide bonds. The summed E-state index contributed by atoms with van der Waals surface area (Å²) in [6, 6.07) is 0.0923. The molecular formula is C12H21N3O2S. The van der Waals surface area contributed by atoms with Gasteiger partial charge in [-0.25, -0.2) is 13.4 Å². The highest BCUT2D eigenvalue weighted by atomic mass is 32.2. The monoisotopic (exact) mass is 271 g/mol. The minimum absolute atomic E-state index is 0.0923. The van der Waals surface area contributed by atoms with Crippen LogP contribution in [0.1, 0.15) is 31.5 Å². The molecule has 2 heterocycles. The minimum Gasteiger partial charge on any atom is -0.336 e. The molecule has 1 fully saturated rings. The maximum absolute atomic E-state index is 11.6. The van der Waals surface area contributed by atoms with Gasteiger partial charge in [-0.05, 0) is 25.3 Å². The Morgan fingerprint density at radius 1 is 1.61 bits per heavy atom. The molecule has 1 saturated heterocycles. The van der Waals surface area contributed by atoms with Crippen LogP contribution >= 0.6 is 0 Å². The molecule has 1 aromatic rings. The first-order chi connectivity index (χ1) is 8.53. The largest absolute Gasteiger partial charge is 0.336 e. The summed E-state index contributed by atoms with van der Waals surface area (Å²) in [4.78, 5) is 4.13. The van der Waals surface area contributed by atoms with Gasteiger partial charge < -0.3 is 9.88 Å². The van der Waals surface area contributed by atoms with Crippen LogP contribution in [0.2, 0.25) is 0 Å². The van der Waals surface area contributed by atoms with Gasteiger partial charge in [-0.3, -0.25) is 0 Å². The summed E-state index contributed by atoms with van der Waals surface area (Å²) in [6.07, 6.45) is 5.38. The molecule has 18 heavy (non-hydrogen) atoms. The fourth-order valence-electron chi connectivity index (χ4n) is 2.57. The number of aromatic nitrogens is 2. The number of rotatable bonds is 5. The zero-order valence-electron chi connectivity index (χ0n) is 11.0. The summed E-state index contributed by atoms with van der Waals surface area (Å²) in [5.41, 5.74) is 1.07. The molecule has 0 aromatic carbocycles. The zero-order chi connectivity index (χ0) is 13.2. The predicted octanol–water partition coefficient (Wildman–Crippen LogP) is 0.896. The molecule has 2 unspecified atom stereocenters. The van der Waals surface area contributed by atoms with Gasteiger partial charge in [0.1, 0.15) is 0 Å². The Labute approximate surface area is 109 Å². The van der Waals surface area contributed by atoms with Crippen molar-refractivity contribution in [1.82, 2.24) is 14.9 Å². The second kappa shape index (κ2) is 5.40. The van der Waals surface area contributed by atoms with E-state index < -0.39 is 9.84 Å². The highest BCUT2D eigenvalue weighted by Crippen LogP contribution is 2.31. The smallest absolute Gasteiger partial charge is 0.150 e. The van der Waals surface area contributed by atoms with Crippen LogP contribution in [0.5, 0.6) is 0 Å². The van der Waals surface area contributed by atoms with Gasteiger partial charge in [0.2, 0.25) is 0 Å². The molecule has 0 spiro atoms. The van der Waals surface area contributed by atoms with E-state index >= 15 is 0 Å². The van der Waals surface area contributed by atoms with E-state index in [0.717, 1.165) is 25.1 Å². The molecule has 0 aliphatic carbocycles. The van der Waals surface area contributed by atoms with Crippen LogP contribution in [0.4, 0.5) is 0 Å². The van der Waals surface area contributed by atoms with E-state index in [1.54, 1.807) is 6.33 Å². The van der Waals surface area contributed by atoms with Gasteiger partial charge in [0.15, 0.2) is 9.84 Å². The van der Waals surface area contributed by atoms with Crippen molar-refractivity contribution < 1.29 is 8.42 Å². The predicted molar refractivity (Wildman–Crippen MR) is 71.0 cm³/mol. The number of nitrogens with zero attached hydrogens (tertiary/aromatic N) is 2. The Kier molecular flexibility index (Phi) is 4.07. The standard InChI is InChI=1S/C12H21N3O2S/c1-3-5-14-12(11-7-13-9-15(11)2)10-4-6-18(16,17)8-10/h7,9-10,12,14H,3-6,8H2,1-2H3. The van der Waals surface area contributed by atoms with Crippen LogP contribution in [-0.4, -0.2) is 36.0 Å². The zero-order valence-corrected chi connectivity index (χ0v) is 11.8. The lowest BCUT2D eigenvalue weighted by molar-refractivity contribution is 0.378. The fraction of sp³-hybridized carbons (Fsp3) is 0.750. The lowest BCUT2D eigenvalue weighted by Crippen LogP contribution is -2.31. The van der Waals surface area contributed by atoms with Gasteiger partial charge in [0.25, 0.3) is 0 Å². The maximum atomic E-state index is 11.6. The van der Waals surface area contributed by atoms with Crippen LogP contribution in [0.15, 0.2) is 12.5 Å². The molecule has 6 heteroatoms. The van der Waals surface area contributed by atoms with Crippen molar-refractivity contribution in [2.45, 2.75) is 25.8 Å². The Bertz CT molecular complexity index is 495. The highest BCUT2D eigenvalue weighted by molar-refractivity contribution is 7.91. The highest BCUT2D eigenvalue weighted by Gasteiger charge is 2.35. The topological polar surface area (TPSA) is 64.0 Å². The van der Waals surface area contributed by atoms with Crippen molar-refractivity contribution in [3.05, 3.63) is 18.2 Å². The van der Waals surface area contributed by atoms with E-state index in [1.165, 1.54) is 0 Å². The van der Waals surface area contributed by atoms with Gasteiger partial charge in [-0.2, -0.15) is 0 Å². The average molecular weight is 271 g/mol. The van der Waals surface area contributed by atoms with Crippen molar-refractivity contribution in [3.8, 4) is 0 Å². The molecule has 1 aliphatic heterocycles. The van der Waals surface area contributed by atoms with Crippen molar-refractivity contribution >= 4 is 9.84 Å². The quantitative estimate of drug-likeness (QED) is 0.864. The van der Waals surface area contributed by atoms with E-state index in [9.17, 15) is 8.42 Å². The van der Waals surface area contributed by atoms with E-state index in [4.69, 9.17) is 0 Å².